The minimum atomic E-state index is 0.399. The second-order valence-corrected chi connectivity index (χ2v) is 5.74. The SMILES string of the molecule is CCCCC(CCC)c1cccc(O)c1-c1ccccc1. The molecule has 0 saturated carbocycles. The van der Waals surface area contributed by atoms with Gasteiger partial charge in [-0.15, -0.1) is 0 Å². The number of unbranched alkanes of at least 4 members (excludes halogenated alkanes) is 1. The summed E-state index contributed by atoms with van der Waals surface area (Å²) >= 11 is 0. The maximum atomic E-state index is 10.4. The lowest BCUT2D eigenvalue weighted by Gasteiger charge is -2.21. The Kier molecular flexibility index (Phi) is 5.86. The zero-order chi connectivity index (χ0) is 15.1. The second kappa shape index (κ2) is 7.87. The predicted octanol–water partition coefficient (Wildman–Crippen LogP) is 6.13. The molecule has 2 rings (SSSR count). The van der Waals surface area contributed by atoms with Crippen molar-refractivity contribution in [3.63, 3.8) is 0 Å². The van der Waals surface area contributed by atoms with E-state index in [1.165, 1.54) is 37.7 Å². The van der Waals surface area contributed by atoms with Gasteiger partial charge in [0.25, 0.3) is 0 Å². The Balaban J connectivity index is 2.44. The Hall–Kier alpha value is -1.76. The molecule has 21 heavy (non-hydrogen) atoms. The molecule has 1 heteroatoms. The van der Waals surface area contributed by atoms with Crippen LogP contribution in [0.15, 0.2) is 48.5 Å². The van der Waals surface area contributed by atoms with E-state index >= 15 is 0 Å². The number of hydrogen-bond acceptors (Lipinski definition) is 1. The molecule has 0 saturated heterocycles. The van der Waals surface area contributed by atoms with Gasteiger partial charge >= 0.3 is 0 Å². The summed E-state index contributed by atoms with van der Waals surface area (Å²) in [6, 6.07) is 16.2. The van der Waals surface area contributed by atoms with Crippen molar-refractivity contribution in [3.8, 4) is 16.9 Å². The second-order valence-electron chi connectivity index (χ2n) is 5.74. The van der Waals surface area contributed by atoms with Gasteiger partial charge in [-0.1, -0.05) is 75.6 Å². The van der Waals surface area contributed by atoms with Crippen LogP contribution in [0.4, 0.5) is 0 Å². The van der Waals surface area contributed by atoms with Gasteiger partial charge in [-0.2, -0.15) is 0 Å². The van der Waals surface area contributed by atoms with Gasteiger partial charge in [-0.25, -0.2) is 0 Å². The van der Waals surface area contributed by atoms with Gasteiger partial charge in [-0.05, 0) is 36.0 Å². The summed E-state index contributed by atoms with van der Waals surface area (Å²) in [4.78, 5) is 0. The van der Waals surface area contributed by atoms with Gasteiger partial charge in [0.05, 0.1) is 0 Å². The van der Waals surface area contributed by atoms with E-state index in [9.17, 15) is 5.11 Å². The molecule has 0 amide bonds. The van der Waals surface area contributed by atoms with Gasteiger partial charge in [-0.3, -0.25) is 0 Å². The molecule has 1 N–H and O–H groups in total. The molecule has 2 aromatic rings. The Labute approximate surface area is 128 Å². The predicted molar refractivity (Wildman–Crippen MR) is 90.7 cm³/mol. The molecule has 0 spiro atoms. The molecule has 0 aliphatic heterocycles. The standard InChI is InChI=1S/C20H26O/c1-3-5-11-16(10-4-2)18-14-9-15-19(21)20(18)17-12-7-6-8-13-17/h6-9,12-16,21H,3-5,10-11H2,1-2H3. The number of benzene rings is 2. The van der Waals surface area contributed by atoms with E-state index < -0.39 is 0 Å². The van der Waals surface area contributed by atoms with Crippen molar-refractivity contribution in [2.45, 2.75) is 51.9 Å². The smallest absolute Gasteiger partial charge is 0.123 e. The van der Waals surface area contributed by atoms with Crippen LogP contribution in [0.25, 0.3) is 11.1 Å². The number of rotatable bonds is 7. The van der Waals surface area contributed by atoms with E-state index in [2.05, 4.69) is 32.0 Å². The summed E-state index contributed by atoms with van der Waals surface area (Å²) in [7, 11) is 0. The third-order valence-corrected chi connectivity index (χ3v) is 4.12. The minimum absolute atomic E-state index is 0.399. The Morgan fingerprint density at radius 2 is 1.62 bits per heavy atom. The van der Waals surface area contributed by atoms with Crippen LogP contribution in [0.5, 0.6) is 5.75 Å². The average Bonchev–Trinajstić information content (AvgIpc) is 2.52. The van der Waals surface area contributed by atoms with Crippen LogP contribution in [-0.4, -0.2) is 5.11 Å². The first-order valence-corrected chi connectivity index (χ1v) is 8.15. The summed E-state index contributed by atoms with van der Waals surface area (Å²) in [6.07, 6.45) is 6.03. The van der Waals surface area contributed by atoms with Crippen molar-refractivity contribution in [1.82, 2.24) is 0 Å². The third-order valence-electron chi connectivity index (χ3n) is 4.12. The molecule has 2 aromatic carbocycles. The summed E-state index contributed by atoms with van der Waals surface area (Å²) in [5.41, 5.74) is 3.44. The summed E-state index contributed by atoms with van der Waals surface area (Å²) in [6.45, 7) is 4.48. The average molecular weight is 282 g/mol. The van der Waals surface area contributed by atoms with Crippen molar-refractivity contribution in [2.24, 2.45) is 0 Å². The Morgan fingerprint density at radius 1 is 0.857 bits per heavy atom. The van der Waals surface area contributed by atoms with Crippen molar-refractivity contribution in [3.05, 3.63) is 54.1 Å². The summed E-state index contributed by atoms with van der Waals surface area (Å²) < 4.78 is 0. The van der Waals surface area contributed by atoms with E-state index in [4.69, 9.17) is 0 Å². The fourth-order valence-corrected chi connectivity index (χ4v) is 3.07. The zero-order valence-corrected chi connectivity index (χ0v) is 13.2. The first-order valence-electron chi connectivity index (χ1n) is 8.15. The fraction of sp³-hybridized carbons (Fsp3) is 0.400. The zero-order valence-electron chi connectivity index (χ0n) is 13.2. The van der Waals surface area contributed by atoms with Gasteiger partial charge in [0.1, 0.15) is 5.75 Å². The third kappa shape index (κ3) is 3.87. The highest BCUT2D eigenvalue weighted by Crippen LogP contribution is 2.39. The molecule has 0 aliphatic carbocycles. The molecule has 112 valence electrons. The summed E-state index contributed by atoms with van der Waals surface area (Å²) in [5.74, 6) is 0.938. The number of phenolic OH excluding ortho intramolecular Hbond substituents is 1. The Morgan fingerprint density at radius 3 is 2.29 bits per heavy atom. The highest BCUT2D eigenvalue weighted by atomic mass is 16.3. The molecule has 0 aliphatic rings. The quantitative estimate of drug-likeness (QED) is 0.647. The molecule has 0 aromatic heterocycles. The van der Waals surface area contributed by atoms with E-state index in [-0.39, 0.29) is 0 Å². The molecular weight excluding hydrogens is 256 g/mol. The maximum Gasteiger partial charge on any atom is 0.123 e. The van der Waals surface area contributed by atoms with E-state index in [1.807, 2.05) is 24.3 Å². The van der Waals surface area contributed by atoms with Crippen molar-refractivity contribution >= 4 is 0 Å². The number of hydrogen-bond donors (Lipinski definition) is 1. The van der Waals surface area contributed by atoms with Crippen LogP contribution < -0.4 is 0 Å². The van der Waals surface area contributed by atoms with Crippen molar-refractivity contribution in [1.29, 1.82) is 0 Å². The molecule has 0 bridgehead atoms. The molecule has 1 unspecified atom stereocenters. The van der Waals surface area contributed by atoms with Crippen molar-refractivity contribution in [2.75, 3.05) is 0 Å². The highest BCUT2D eigenvalue weighted by molar-refractivity contribution is 5.74. The normalized spacial score (nSPS) is 12.3. The first kappa shape index (κ1) is 15.6. The van der Waals surface area contributed by atoms with Crippen LogP contribution in [0.3, 0.4) is 0 Å². The highest BCUT2D eigenvalue weighted by Gasteiger charge is 2.17. The van der Waals surface area contributed by atoms with E-state index in [0.29, 0.717) is 11.7 Å². The van der Waals surface area contributed by atoms with E-state index in [1.54, 1.807) is 6.07 Å². The monoisotopic (exact) mass is 282 g/mol. The van der Waals surface area contributed by atoms with Gasteiger partial charge in [0.2, 0.25) is 0 Å². The molecule has 0 heterocycles. The van der Waals surface area contributed by atoms with Crippen LogP contribution in [0, 0.1) is 0 Å². The van der Waals surface area contributed by atoms with Gasteiger partial charge in [0, 0.05) is 5.56 Å². The van der Waals surface area contributed by atoms with E-state index in [0.717, 1.165) is 11.1 Å². The first-order chi connectivity index (χ1) is 10.3. The lowest BCUT2D eigenvalue weighted by atomic mass is 9.84. The van der Waals surface area contributed by atoms with Crippen LogP contribution in [0.2, 0.25) is 0 Å². The van der Waals surface area contributed by atoms with Crippen LogP contribution >= 0.6 is 0 Å². The molecule has 1 nitrogen and oxygen atoms in total. The fourth-order valence-electron chi connectivity index (χ4n) is 3.07. The van der Waals surface area contributed by atoms with Crippen LogP contribution in [-0.2, 0) is 0 Å². The van der Waals surface area contributed by atoms with Gasteiger partial charge in [0.15, 0.2) is 0 Å². The Bertz CT molecular complexity index is 545. The number of aromatic hydroxyl groups is 1. The summed E-state index contributed by atoms with van der Waals surface area (Å²) in [5, 5.41) is 10.4. The lowest BCUT2D eigenvalue weighted by molar-refractivity contribution is 0.473. The molecule has 0 fully saturated rings. The lowest BCUT2D eigenvalue weighted by Crippen LogP contribution is -2.01. The molecule has 1 atom stereocenters. The van der Waals surface area contributed by atoms with Gasteiger partial charge < -0.3 is 5.11 Å². The molecule has 0 radical (unpaired) electrons. The van der Waals surface area contributed by atoms with Crippen molar-refractivity contribution < 1.29 is 5.11 Å². The largest absolute Gasteiger partial charge is 0.507 e. The maximum absolute atomic E-state index is 10.4. The van der Waals surface area contributed by atoms with Crippen LogP contribution in [0.1, 0.15) is 57.4 Å². The number of phenols is 1. The topological polar surface area (TPSA) is 20.2 Å². The minimum Gasteiger partial charge on any atom is -0.507 e. The molecular formula is C20H26O.